The lowest BCUT2D eigenvalue weighted by Crippen LogP contribution is -2.55. The van der Waals surface area contributed by atoms with Crippen molar-refractivity contribution < 1.29 is 23.8 Å². The summed E-state index contributed by atoms with van der Waals surface area (Å²) in [4.78, 5) is 24.7. The van der Waals surface area contributed by atoms with E-state index in [4.69, 9.17) is 5.11 Å². The van der Waals surface area contributed by atoms with E-state index in [0.29, 0.717) is 40.5 Å². The number of piperazine rings is 1. The van der Waals surface area contributed by atoms with Crippen LogP contribution in [0.3, 0.4) is 0 Å². The summed E-state index contributed by atoms with van der Waals surface area (Å²) in [7, 11) is 0. The molecule has 3 N–H and O–H groups in total. The van der Waals surface area contributed by atoms with E-state index in [1.807, 2.05) is 6.92 Å². The van der Waals surface area contributed by atoms with Crippen molar-refractivity contribution in [1.29, 1.82) is 0 Å². The molecule has 0 aliphatic carbocycles. The van der Waals surface area contributed by atoms with E-state index in [2.05, 4.69) is 15.3 Å². The van der Waals surface area contributed by atoms with E-state index in [-0.39, 0.29) is 30.1 Å². The Hall–Kier alpha value is -2.89. The van der Waals surface area contributed by atoms with Crippen LogP contribution in [-0.2, 0) is 6.42 Å². The van der Waals surface area contributed by atoms with E-state index in [1.54, 1.807) is 15.9 Å². The summed E-state index contributed by atoms with van der Waals surface area (Å²) in [6.07, 6.45) is 0.638. The topological polar surface area (TPSA) is 102 Å². The third-order valence-electron chi connectivity index (χ3n) is 5.31. The van der Waals surface area contributed by atoms with E-state index in [0.717, 1.165) is 0 Å². The first-order valence-corrected chi connectivity index (χ1v) is 11.0. The van der Waals surface area contributed by atoms with Crippen LogP contribution in [0.4, 0.5) is 24.5 Å². The molecule has 3 aromatic rings. The fraction of sp³-hybridized carbons (Fsp3) is 0.381. The number of aliphatic hydroxyl groups excluding tert-OH is 2. The molecule has 170 valence electrons. The van der Waals surface area contributed by atoms with E-state index in [9.17, 15) is 18.7 Å². The number of hydrogen-bond acceptors (Lipinski definition) is 7. The highest BCUT2D eigenvalue weighted by molar-refractivity contribution is 7.22. The number of halogens is 2. The molecule has 32 heavy (non-hydrogen) atoms. The number of aromatic nitrogens is 2. The van der Waals surface area contributed by atoms with Gasteiger partial charge in [0.2, 0.25) is 0 Å². The SMILES string of the molecule is C[C@H]1CN(c2ncc(C[C@@H](O)CO)cc2F)CCN1C(=O)Nc1nc2ccc(F)cc2s1. The average Bonchev–Trinajstić information content (AvgIpc) is 3.14. The number of fused-ring (bicyclic) bond motifs is 1. The van der Waals surface area contributed by atoms with Crippen molar-refractivity contribution in [1.82, 2.24) is 14.9 Å². The van der Waals surface area contributed by atoms with Gasteiger partial charge in [0.1, 0.15) is 5.82 Å². The molecule has 1 saturated heterocycles. The molecule has 1 aromatic carbocycles. The number of amides is 2. The molecule has 8 nitrogen and oxygen atoms in total. The molecule has 0 saturated carbocycles. The molecular formula is C21H23F2N5O3S. The second kappa shape index (κ2) is 9.31. The monoisotopic (exact) mass is 463 g/mol. The predicted molar refractivity (Wildman–Crippen MR) is 118 cm³/mol. The third kappa shape index (κ3) is 4.79. The summed E-state index contributed by atoms with van der Waals surface area (Å²) in [6.45, 7) is 2.60. The Labute approximate surface area is 187 Å². The normalized spacial score (nSPS) is 17.6. The second-order valence-corrected chi connectivity index (χ2v) is 8.77. The van der Waals surface area contributed by atoms with Gasteiger partial charge in [-0.3, -0.25) is 5.32 Å². The van der Waals surface area contributed by atoms with Gasteiger partial charge in [0.25, 0.3) is 0 Å². The van der Waals surface area contributed by atoms with Gasteiger partial charge in [-0.15, -0.1) is 0 Å². The Balaban J connectivity index is 1.39. The maximum Gasteiger partial charge on any atom is 0.324 e. The van der Waals surface area contributed by atoms with Crippen molar-refractivity contribution in [2.45, 2.75) is 25.5 Å². The van der Waals surface area contributed by atoms with Crippen LogP contribution in [0.5, 0.6) is 0 Å². The minimum absolute atomic E-state index is 0.115. The molecular weight excluding hydrogens is 440 g/mol. The summed E-state index contributed by atoms with van der Waals surface area (Å²) in [5.41, 5.74) is 1.11. The van der Waals surface area contributed by atoms with Gasteiger partial charge in [-0.1, -0.05) is 11.3 Å². The predicted octanol–water partition coefficient (Wildman–Crippen LogP) is 2.61. The Morgan fingerprint density at radius 1 is 1.34 bits per heavy atom. The maximum atomic E-state index is 14.6. The number of rotatable bonds is 5. The molecule has 11 heteroatoms. The number of benzene rings is 1. The van der Waals surface area contributed by atoms with Crippen molar-refractivity contribution in [3.05, 3.63) is 47.7 Å². The van der Waals surface area contributed by atoms with Crippen LogP contribution >= 0.6 is 11.3 Å². The standard InChI is InChI=1S/C21H23F2N5O3S/c1-12-10-27(19-16(23)7-13(9-24-19)6-15(30)11-29)4-5-28(12)21(31)26-20-25-17-3-2-14(22)8-18(17)32-20/h2-3,7-9,12,15,29-30H,4-6,10-11H2,1H3,(H,25,26,31)/t12-,15+/m0/s1. The number of nitrogens with one attached hydrogen (secondary N) is 1. The summed E-state index contributed by atoms with van der Waals surface area (Å²) < 4.78 is 28.6. The van der Waals surface area contributed by atoms with Crippen molar-refractivity contribution in [3.8, 4) is 0 Å². The van der Waals surface area contributed by atoms with Crippen molar-refractivity contribution >= 4 is 38.5 Å². The summed E-state index contributed by atoms with van der Waals surface area (Å²) in [6, 6.07) is 5.03. The van der Waals surface area contributed by atoms with Crippen LogP contribution in [0.15, 0.2) is 30.5 Å². The number of thiazole rings is 1. The smallest absolute Gasteiger partial charge is 0.324 e. The molecule has 3 heterocycles. The summed E-state index contributed by atoms with van der Waals surface area (Å²) in [5, 5.41) is 21.6. The fourth-order valence-corrected chi connectivity index (χ4v) is 4.60. The quantitative estimate of drug-likeness (QED) is 0.538. The highest BCUT2D eigenvalue weighted by atomic mass is 32.1. The average molecular weight is 464 g/mol. The van der Waals surface area contributed by atoms with Crippen LogP contribution in [-0.4, -0.2) is 69.5 Å². The van der Waals surface area contributed by atoms with E-state index >= 15 is 0 Å². The minimum Gasteiger partial charge on any atom is -0.394 e. The van der Waals surface area contributed by atoms with Crippen LogP contribution in [0, 0.1) is 11.6 Å². The largest absolute Gasteiger partial charge is 0.394 e. The number of carbonyl (C=O) groups excluding carboxylic acids is 1. The number of urea groups is 1. The molecule has 0 unspecified atom stereocenters. The lowest BCUT2D eigenvalue weighted by Gasteiger charge is -2.40. The number of pyridine rings is 1. The van der Waals surface area contributed by atoms with Crippen molar-refractivity contribution in [2.24, 2.45) is 0 Å². The van der Waals surface area contributed by atoms with Gasteiger partial charge >= 0.3 is 6.03 Å². The molecule has 1 aliphatic heterocycles. The van der Waals surface area contributed by atoms with Crippen molar-refractivity contribution in [2.75, 3.05) is 36.5 Å². The highest BCUT2D eigenvalue weighted by Gasteiger charge is 2.30. The molecule has 0 radical (unpaired) electrons. The van der Waals surface area contributed by atoms with Gasteiger partial charge in [-0.25, -0.2) is 23.5 Å². The fourth-order valence-electron chi connectivity index (χ4n) is 3.72. The number of aliphatic hydroxyl groups is 2. The van der Waals surface area contributed by atoms with Crippen LogP contribution < -0.4 is 10.2 Å². The zero-order valence-electron chi connectivity index (χ0n) is 17.3. The van der Waals surface area contributed by atoms with Gasteiger partial charge in [-0.2, -0.15) is 0 Å². The van der Waals surface area contributed by atoms with Crippen LogP contribution in [0.1, 0.15) is 12.5 Å². The zero-order valence-corrected chi connectivity index (χ0v) is 18.1. The Kier molecular flexibility index (Phi) is 6.49. The molecule has 1 fully saturated rings. The van der Waals surface area contributed by atoms with E-state index < -0.39 is 18.5 Å². The molecule has 4 rings (SSSR count). The lowest BCUT2D eigenvalue weighted by molar-refractivity contribution is 0.0954. The number of hydrogen-bond donors (Lipinski definition) is 3. The van der Waals surface area contributed by atoms with Crippen molar-refractivity contribution in [3.63, 3.8) is 0 Å². The Morgan fingerprint density at radius 2 is 2.16 bits per heavy atom. The summed E-state index contributed by atoms with van der Waals surface area (Å²) >= 11 is 1.20. The molecule has 2 aromatic heterocycles. The van der Waals surface area contributed by atoms with Gasteiger partial charge in [-0.05, 0) is 36.8 Å². The first-order valence-electron chi connectivity index (χ1n) is 10.2. The lowest BCUT2D eigenvalue weighted by atomic mass is 10.1. The molecule has 1 aliphatic rings. The highest BCUT2D eigenvalue weighted by Crippen LogP contribution is 2.27. The van der Waals surface area contributed by atoms with Gasteiger partial charge in [0.05, 0.1) is 22.9 Å². The Morgan fingerprint density at radius 3 is 2.88 bits per heavy atom. The minimum atomic E-state index is -0.960. The Bertz CT molecular complexity index is 1130. The number of nitrogens with zero attached hydrogens (tertiary/aromatic N) is 4. The van der Waals surface area contributed by atoms with Gasteiger partial charge in [0, 0.05) is 38.3 Å². The molecule has 0 spiro atoms. The molecule has 2 amide bonds. The zero-order chi connectivity index (χ0) is 22.8. The van der Waals surface area contributed by atoms with Gasteiger partial charge in [0.15, 0.2) is 16.8 Å². The van der Waals surface area contributed by atoms with Crippen LogP contribution in [0.2, 0.25) is 0 Å². The first kappa shape index (κ1) is 22.3. The van der Waals surface area contributed by atoms with Gasteiger partial charge < -0.3 is 20.0 Å². The number of carbonyl (C=O) groups is 1. The molecule has 0 bridgehead atoms. The van der Waals surface area contributed by atoms with E-state index in [1.165, 1.54) is 35.7 Å². The van der Waals surface area contributed by atoms with Crippen LogP contribution in [0.25, 0.3) is 10.2 Å². The third-order valence-corrected chi connectivity index (χ3v) is 6.25. The second-order valence-electron chi connectivity index (χ2n) is 7.74. The first-order chi connectivity index (χ1) is 15.3. The molecule has 2 atom stereocenters. The summed E-state index contributed by atoms with van der Waals surface area (Å²) in [5.74, 6) is -0.686. The maximum absolute atomic E-state index is 14.6. The number of anilines is 2.